The molecule has 0 unspecified atom stereocenters. The number of aromatic amines is 1. The number of nitrogens with one attached hydrogen (secondary N) is 4. The van der Waals surface area contributed by atoms with Crippen LogP contribution >= 0.6 is 0 Å². The maximum atomic E-state index is 13.8. The monoisotopic (exact) mass is 522 g/mol. The van der Waals surface area contributed by atoms with E-state index in [9.17, 15) is 18.0 Å². The number of piperazine rings is 1. The molecule has 7 nitrogen and oxygen atoms in total. The molecule has 0 radical (unpaired) electrons. The average molecular weight is 523 g/mol. The topological polar surface area (TPSA) is 96.9 Å². The van der Waals surface area contributed by atoms with Crippen molar-refractivity contribution in [1.29, 1.82) is 5.41 Å². The molecular weight excluding hydrogens is 493 g/mol. The Morgan fingerprint density at radius 1 is 1.18 bits per heavy atom. The number of H-pyrrole nitrogens is 1. The predicted octanol–water partition coefficient (Wildman–Crippen LogP) is 4.70. The number of hydrogen-bond donors (Lipinski definition) is 4. The lowest BCUT2D eigenvalue weighted by Gasteiger charge is -2.28. The standard InChI is InChI=1S/C27H26F3N5O.CH3N/c1-3-25-32-16-23(33-25)9-6-19-14-20(5-4-18(19)2)26(36)34-22-8-7-21(24(15-22)27(28,29)30)17-35-12-10-31-11-13-35;1-2/h3-5,7-8,14-16,31H,1,10-13,17H2,2H3,(H,32,33)(H,34,36);2H,1H2. The second-order valence-corrected chi connectivity index (χ2v) is 8.52. The van der Waals surface area contributed by atoms with Gasteiger partial charge in [-0.25, -0.2) is 4.98 Å². The van der Waals surface area contributed by atoms with Gasteiger partial charge in [-0.1, -0.05) is 24.6 Å². The highest BCUT2D eigenvalue weighted by Crippen LogP contribution is 2.34. The number of halogens is 3. The first kappa shape index (κ1) is 28.4. The molecule has 0 aliphatic carbocycles. The highest BCUT2D eigenvalue weighted by Gasteiger charge is 2.34. The fourth-order valence-electron chi connectivity index (χ4n) is 3.91. The normalized spacial score (nSPS) is 13.5. The largest absolute Gasteiger partial charge is 0.416 e. The Kier molecular flexibility index (Phi) is 9.60. The van der Waals surface area contributed by atoms with Gasteiger partial charge in [-0.2, -0.15) is 13.2 Å². The minimum atomic E-state index is -4.53. The molecule has 1 saturated heterocycles. The number of hydrogen-bond acceptors (Lipinski definition) is 5. The van der Waals surface area contributed by atoms with E-state index >= 15 is 0 Å². The summed E-state index contributed by atoms with van der Waals surface area (Å²) in [6.45, 7) is 11.1. The van der Waals surface area contributed by atoms with Crippen LogP contribution < -0.4 is 10.6 Å². The summed E-state index contributed by atoms with van der Waals surface area (Å²) in [5.41, 5.74) is 1.90. The van der Waals surface area contributed by atoms with Crippen LogP contribution in [0.1, 0.15) is 44.1 Å². The van der Waals surface area contributed by atoms with Crippen LogP contribution in [0, 0.1) is 24.2 Å². The Morgan fingerprint density at radius 3 is 2.58 bits per heavy atom. The van der Waals surface area contributed by atoms with E-state index < -0.39 is 17.6 Å². The molecule has 198 valence electrons. The summed E-state index contributed by atoms with van der Waals surface area (Å²) >= 11 is 0. The maximum Gasteiger partial charge on any atom is 0.416 e. The van der Waals surface area contributed by atoms with Gasteiger partial charge >= 0.3 is 6.18 Å². The first-order valence-electron chi connectivity index (χ1n) is 11.8. The van der Waals surface area contributed by atoms with Crippen LogP contribution in [-0.2, 0) is 12.7 Å². The Morgan fingerprint density at radius 2 is 1.92 bits per heavy atom. The van der Waals surface area contributed by atoms with E-state index in [4.69, 9.17) is 5.41 Å². The van der Waals surface area contributed by atoms with Crippen LogP contribution in [0.4, 0.5) is 18.9 Å². The Labute approximate surface area is 219 Å². The molecule has 2 heterocycles. The van der Waals surface area contributed by atoms with Gasteiger partial charge in [-0.15, -0.1) is 0 Å². The van der Waals surface area contributed by atoms with Gasteiger partial charge < -0.3 is 21.0 Å². The number of aromatic nitrogens is 2. The van der Waals surface area contributed by atoms with Crippen LogP contribution in [0.3, 0.4) is 0 Å². The summed E-state index contributed by atoms with van der Waals surface area (Å²) < 4.78 is 41.5. The fourth-order valence-corrected chi connectivity index (χ4v) is 3.91. The molecule has 38 heavy (non-hydrogen) atoms. The summed E-state index contributed by atoms with van der Waals surface area (Å²) in [5.74, 6) is 6.04. The van der Waals surface area contributed by atoms with Crippen molar-refractivity contribution in [3.63, 3.8) is 0 Å². The molecule has 4 N–H and O–H groups in total. The number of rotatable bonds is 5. The lowest BCUT2D eigenvalue weighted by molar-refractivity contribution is -0.138. The van der Waals surface area contributed by atoms with Gasteiger partial charge in [0.25, 0.3) is 5.91 Å². The second-order valence-electron chi connectivity index (χ2n) is 8.52. The predicted molar refractivity (Wildman–Crippen MR) is 143 cm³/mol. The van der Waals surface area contributed by atoms with Crippen molar-refractivity contribution in [2.45, 2.75) is 19.6 Å². The molecule has 1 aromatic heterocycles. The van der Waals surface area contributed by atoms with Crippen molar-refractivity contribution >= 4 is 24.4 Å². The smallest absolute Gasteiger partial charge is 0.332 e. The van der Waals surface area contributed by atoms with Crippen LogP contribution in [0.5, 0.6) is 0 Å². The zero-order valence-corrected chi connectivity index (χ0v) is 21.0. The SMILES string of the molecule is C=Cc1ncc(C#Cc2cc(C(=O)Nc3ccc(CN4CCNCC4)c(C(F)(F)F)c3)ccc2C)[nH]1.C=N. The van der Waals surface area contributed by atoms with Crippen LogP contribution in [0.2, 0.25) is 0 Å². The number of amides is 1. The second kappa shape index (κ2) is 12.9. The highest BCUT2D eigenvalue weighted by molar-refractivity contribution is 6.04. The van der Waals surface area contributed by atoms with Gasteiger partial charge in [0.05, 0.1) is 11.8 Å². The van der Waals surface area contributed by atoms with Gasteiger partial charge in [0.15, 0.2) is 0 Å². The number of benzene rings is 2. The van der Waals surface area contributed by atoms with Crippen LogP contribution in [0.15, 0.2) is 49.2 Å². The van der Waals surface area contributed by atoms with Crippen molar-refractivity contribution in [1.82, 2.24) is 20.2 Å². The summed E-state index contributed by atoms with van der Waals surface area (Å²) in [4.78, 5) is 21.9. The number of aryl methyl sites for hydroxylation is 1. The van der Waals surface area contributed by atoms with Gasteiger partial charge in [-0.05, 0) is 61.0 Å². The van der Waals surface area contributed by atoms with Gasteiger partial charge in [-0.3, -0.25) is 9.69 Å². The molecule has 4 rings (SSSR count). The van der Waals surface area contributed by atoms with E-state index in [2.05, 4.69) is 45.7 Å². The maximum absolute atomic E-state index is 13.8. The molecule has 1 aliphatic rings. The fraction of sp³-hybridized carbons (Fsp3) is 0.250. The third kappa shape index (κ3) is 7.41. The number of imidazole rings is 1. The van der Waals surface area contributed by atoms with Crippen molar-refractivity contribution in [3.8, 4) is 11.8 Å². The Balaban J connectivity index is 0.00000195. The van der Waals surface area contributed by atoms with Crippen molar-refractivity contribution in [2.24, 2.45) is 0 Å². The Hall–Kier alpha value is -4.20. The van der Waals surface area contributed by atoms with E-state index in [-0.39, 0.29) is 17.8 Å². The molecule has 0 saturated carbocycles. The minimum absolute atomic E-state index is 0.0824. The summed E-state index contributed by atoms with van der Waals surface area (Å²) in [6.07, 6.45) is -1.38. The summed E-state index contributed by atoms with van der Waals surface area (Å²) in [6, 6.07) is 8.93. The molecular formula is C28H29F3N6O. The van der Waals surface area contributed by atoms with Crippen molar-refractivity contribution in [3.05, 3.63) is 88.5 Å². The minimum Gasteiger partial charge on any atom is -0.332 e. The van der Waals surface area contributed by atoms with E-state index in [1.54, 1.807) is 30.5 Å². The molecule has 0 spiro atoms. The zero-order valence-electron chi connectivity index (χ0n) is 21.0. The van der Waals surface area contributed by atoms with E-state index in [0.717, 1.165) is 24.7 Å². The Bertz CT molecular complexity index is 1350. The molecule has 1 amide bonds. The molecule has 1 aliphatic heterocycles. The van der Waals surface area contributed by atoms with Gasteiger partial charge in [0, 0.05) is 49.5 Å². The lowest BCUT2D eigenvalue weighted by atomic mass is 10.0. The summed E-state index contributed by atoms with van der Waals surface area (Å²) in [7, 11) is 0. The highest BCUT2D eigenvalue weighted by atomic mass is 19.4. The van der Waals surface area contributed by atoms with Crippen LogP contribution in [0.25, 0.3) is 6.08 Å². The third-order valence-electron chi connectivity index (χ3n) is 5.90. The molecule has 1 fully saturated rings. The number of carbonyl (C=O) groups is 1. The number of nitrogens with zero attached hydrogens (tertiary/aromatic N) is 2. The van der Waals surface area contributed by atoms with Crippen molar-refractivity contribution < 1.29 is 18.0 Å². The average Bonchev–Trinajstić information content (AvgIpc) is 3.38. The summed E-state index contributed by atoms with van der Waals surface area (Å²) in [5, 5.41) is 11.3. The number of alkyl halides is 3. The van der Waals surface area contributed by atoms with Crippen LogP contribution in [-0.4, -0.2) is 53.7 Å². The van der Waals surface area contributed by atoms with Crippen molar-refractivity contribution in [2.75, 3.05) is 31.5 Å². The van der Waals surface area contributed by atoms with Gasteiger partial charge in [0.1, 0.15) is 11.5 Å². The van der Waals surface area contributed by atoms with E-state index in [1.165, 1.54) is 12.1 Å². The van der Waals surface area contributed by atoms with Gasteiger partial charge in [0.2, 0.25) is 0 Å². The van der Waals surface area contributed by atoms with E-state index in [0.29, 0.717) is 35.7 Å². The first-order chi connectivity index (χ1) is 18.2. The number of carbonyl (C=O) groups excluding carboxylic acids is 1. The molecule has 3 aromatic rings. The third-order valence-corrected chi connectivity index (χ3v) is 5.90. The first-order valence-corrected chi connectivity index (χ1v) is 11.8. The quantitative estimate of drug-likeness (QED) is 0.288. The molecule has 0 bridgehead atoms. The number of anilines is 1. The van der Waals surface area contributed by atoms with E-state index in [1.807, 2.05) is 11.8 Å². The molecule has 0 atom stereocenters. The molecule has 2 aromatic carbocycles. The molecule has 10 heteroatoms. The lowest BCUT2D eigenvalue weighted by Crippen LogP contribution is -2.43. The zero-order chi connectivity index (χ0) is 27.7.